The summed E-state index contributed by atoms with van der Waals surface area (Å²) in [6, 6.07) is 8.16. The number of nitrogens with zero attached hydrogens (tertiary/aromatic N) is 3. The Labute approximate surface area is 113 Å². The molecule has 100 valence electrons. The van der Waals surface area contributed by atoms with Crippen LogP contribution in [0.4, 0.5) is 11.8 Å². The number of rotatable bonds is 2. The molecule has 1 atom stereocenters. The van der Waals surface area contributed by atoms with Crippen LogP contribution in [0.15, 0.2) is 24.3 Å². The molecule has 0 amide bonds. The van der Waals surface area contributed by atoms with Crippen LogP contribution in [0.25, 0.3) is 10.9 Å². The van der Waals surface area contributed by atoms with Crippen LogP contribution in [-0.4, -0.2) is 30.1 Å². The van der Waals surface area contributed by atoms with E-state index in [0.717, 1.165) is 41.7 Å². The molecule has 1 aliphatic rings. The van der Waals surface area contributed by atoms with E-state index in [-0.39, 0.29) is 0 Å². The van der Waals surface area contributed by atoms with Crippen LogP contribution < -0.4 is 10.2 Å². The average Bonchev–Trinajstić information content (AvgIpc) is 2.46. The monoisotopic (exact) mass is 256 g/mol. The lowest BCUT2D eigenvalue weighted by Crippen LogP contribution is -2.35. The van der Waals surface area contributed by atoms with Crippen molar-refractivity contribution in [3.8, 4) is 0 Å². The predicted molar refractivity (Wildman–Crippen MR) is 79.7 cm³/mol. The molecule has 2 aromatic rings. The molecule has 2 heterocycles. The Kier molecular flexibility index (Phi) is 3.23. The highest BCUT2D eigenvalue weighted by Gasteiger charge is 2.19. The first-order chi connectivity index (χ1) is 9.28. The van der Waals surface area contributed by atoms with E-state index < -0.39 is 0 Å². The Balaban J connectivity index is 2.04. The van der Waals surface area contributed by atoms with E-state index in [9.17, 15) is 0 Å². The third kappa shape index (κ3) is 2.35. The maximum Gasteiger partial charge on any atom is 0.227 e. The van der Waals surface area contributed by atoms with Crippen LogP contribution in [0.5, 0.6) is 0 Å². The summed E-state index contributed by atoms with van der Waals surface area (Å²) in [6.45, 7) is 4.42. The Morgan fingerprint density at radius 3 is 2.89 bits per heavy atom. The number of hydrogen-bond acceptors (Lipinski definition) is 4. The fourth-order valence-corrected chi connectivity index (χ4v) is 2.77. The van der Waals surface area contributed by atoms with Crippen molar-refractivity contribution in [3.05, 3.63) is 24.3 Å². The topological polar surface area (TPSA) is 41.1 Å². The molecule has 1 fully saturated rings. The van der Waals surface area contributed by atoms with Crippen molar-refractivity contribution in [2.75, 3.05) is 30.4 Å². The fourth-order valence-electron chi connectivity index (χ4n) is 2.77. The van der Waals surface area contributed by atoms with Gasteiger partial charge in [-0.2, -0.15) is 4.98 Å². The first kappa shape index (κ1) is 12.2. The molecule has 1 saturated heterocycles. The smallest absolute Gasteiger partial charge is 0.227 e. The van der Waals surface area contributed by atoms with E-state index in [4.69, 9.17) is 4.98 Å². The third-order valence-electron chi connectivity index (χ3n) is 3.77. The zero-order valence-corrected chi connectivity index (χ0v) is 11.6. The summed E-state index contributed by atoms with van der Waals surface area (Å²) in [5.74, 6) is 2.50. The Bertz CT molecular complexity index is 581. The molecule has 19 heavy (non-hydrogen) atoms. The van der Waals surface area contributed by atoms with Gasteiger partial charge in [-0.1, -0.05) is 19.1 Å². The molecule has 0 radical (unpaired) electrons. The number of fused-ring (bicyclic) bond motifs is 1. The van der Waals surface area contributed by atoms with E-state index in [0.29, 0.717) is 0 Å². The molecule has 3 rings (SSSR count). The molecule has 1 aromatic carbocycles. The molecular weight excluding hydrogens is 236 g/mol. The maximum absolute atomic E-state index is 4.72. The summed E-state index contributed by atoms with van der Waals surface area (Å²) in [6.07, 6.45) is 2.54. The normalized spacial score (nSPS) is 19.7. The van der Waals surface area contributed by atoms with E-state index in [1.807, 2.05) is 19.2 Å². The minimum absolute atomic E-state index is 0.724. The maximum atomic E-state index is 4.72. The van der Waals surface area contributed by atoms with Crippen LogP contribution in [-0.2, 0) is 0 Å². The predicted octanol–water partition coefficient (Wildman–Crippen LogP) is 2.91. The number of para-hydroxylation sites is 1. The number of piperidine rings is 1. The highest BCUT2D eigenvalue weighted by Crippen LogP contribution is 2.25. The van der Waals surface area contributed by atoms with Crippen molar-refractivity contribution in [1.29, 1.82) is 0 Å². The minimum Gasteiger partial charge on any atom is -0.372 e. The largest absolute Gasteiger partial charge is 0.372 e. The summed E-state index contributed by atoms with van der Waals surface area (Å²) < 4.78 is 0. The molecule has 4 nitrogen and oxygen atoms in total. The van der Waals surface area contributed by atoms with Crippen molar-refractivity contribution >= 4 is 22.7 Å². The highest BCUT2D eigenvalue weighted by atomic mass is 15.3. The molecule has 0 bridgehead atoms. The van der Waals surface area contributed by atoms with Crippen LogP contribution in [0.1, 0.15) is 19.8 Å². The average molecular weight is 256 g/mol. The van der Waals surface area contributed by atoms with Crippen LogP contribution in [0, 0.1) is 5.92 Å². The first-order valence-corrected chi connectivity index (χ1v) is 6.97. The minimum atomic E-state index is 0.724. The van der Waals surface area contributed by atoms with Gasteiger partial charge in [0.15, 0.2) is 0 Å². The van der Waals surface area contributed by atoms with Crippen molar-refractivity contribution in [3.63, 3.8) is 0 Å². The van der Waals surface area contributed by atoms with E-state index in [2.05, 4.69) is 34.3 Å². The molecule has 0 saturated carbocycles. The SMILES string of the molecule is CNc1nc(N2CCC[C@H](C)C2)nc2ccccc12. The Hall–Kier alpha value is -1.84. The number of aromatic nitrogens is 2. The van der Waals surface area contributed by atoms with Crippen molar-refractivity contribution in [1.82, 2.24) is 9.97 Å². The lowest BCUT2D eigenvalue weighted by Gasteiger charge is -2.31. The Morgan fingerprint density at radius 2 is 2.11 bits per heavy atom. The van der Waals surface area contributed by atoms with Crippen LogP contribution in [0.3, 0.4) is 0 Å². The summed E-state index contributed by atoms with van der Waals surface area (Å²) in [5, 5.41) is 4.27. The molecule has 1 aromatic heterocycles. The lowest BCUT2D eigenvalue weighted by molar-refractivity contribution is 0.442. The van der Waals surface area contributed by atoms with Gasteiger partial charge in [-0.15, -0.1) is 0 Å². The van der Waals surface area contributed by atoms with Gasteiger partial charge < -0.3 is 10.2 Å². The summed E-state index contributed by atoms with van der Waals surface area (Å²) in [4.78, 5) is 11.7. The molecule has 0 aliphatic carbocycles. The van der Waals surface area contributed by atoms with Crippen molar-refractivity contribution < 1.29 is 0 Å². The zero-order chi connectivity index (χ0) is 13.2. The fraction of sp³-hybridized carbons (Fsp3) is 0.467. The van der Waals surface area contributed by atoms with Gasteiger partial charge in [0.05, 0.1) is 5.52 Å². The number of anilines is 2. The van der Waals surface area contributed by atoms with Gasteiger partial charge >= 0.3 is 0 Å². The molecule has 1 N–H and O–H groups in total. The lowest BCUT2D eigenvalue weighted by atomic mass is 10.0. The van der Waals surface area contributed by atoms with Gasteiger partial charge in [0, 0.05) is 25.5 Å². The van der Waals surface area contributed by atoms with Crippen molar-refractivity contribution in [2.24, 2.45) is 5.92 Å². The van der Waals surface area contributed by atoms with E-state index >= 15 is 0 Å². The van der Waals surface area contributed by atoms with Gasteiger partial charge in [0.25, 0.3) is 0 Å². The quantitative estimate of drug-likeness (QED) is 0.897. The van der Waals surface area contributed by atoms with Crippen LogP contribution in [0.2, 0.25) is 0 Å². The molecule has 1 aliphatic heterocycles. The Morgan fingerprint density at radius 1 is 1.26 bits per heavy atom. The molecular formula is C15H20N4. The number of nitrogens with one attached hydrogen (secondary N) is 1. The van der Waals surface area contributed by atoms with E-state index in [1.54, 1.807) is 0 Å². The zero-order valence-electron chi connectivity index (χ0n) is 11.6. The second-order valence-corrected chi connectivity index (χ2v) is 5.33. The van der Waals surface area contributed by atoms with Gasteiger partial charge in [-0.25, -0.2) is 4.98 Å². The molecule has 4 heteroatoms. The molecule has 0 spiro atoms. The van der Waals surface area contributed by atoms with Gasteiger partial charge in [-0.3, -0.25) is 0 Å². The van der Waals surface area contributed by atoms with E-state index in [1.165, 1.54) is 12.8 Å². The summed E-state index contributed by atoms with van der Waals surface area (Å²) >= 11 is 0. The van der Waals surface area contributed by atoms with Gasteiger partial charge in [0.1, 0.15) is 5.82 Å². The standard InChI is InChI=1S/C15H20N4/c1-11-6-5-9-19(10-11)15-17-13-8-4-3-7-12(13)14(16-2)18-15/h3-4,7-8,11H,5-6,9-10H2,1-2H3,(H,16,17,18)/t11-/m0/s1. The second-order valence-electron chi connectivity index (χ2n) is 5.33. The molecule has 0 unspecified atom stereocenters. The number of hydrogen-bond donors (Lipinski definition) is 1. The third-order valence-corrected chi connectivity index (χ3v) is 3.77. The van der Waals surface area contributed by atoms with Gasteiger partial charge in [-0.05, 0) is 30.9 Å². The first-order valence-electron chi connectivity index (χ1n) is 6.97. The highest BCUT2D eigenvalue weighted by molar-refractivity contribution is 5.89. The van der Waals surface area contributed by atoms with Gasteiger partial charge in [0.2, 0.25) is 5.95 Å². The summed E-state index contributed by atoms with van der Waals surface area (Å²) in [5.41, 5.74) is 1.01. The summed E-state index contributed by atoms with van der Waals surface area (Å²) in [7, 11) is 1.91. The number of benzene rings is 1. The second kappa shape index (κ2) is 5.03. The van der Waals surface area contributed by atoms with Crippen LogP contribution >= 0.6 is 0 Å². The van der Waals surface area contributed by atoms with Crippen molar-refractivity contribution in [2.45, 2.75) is 19.8 Å².